The van der Waals surface area contributed by atoms with E-state index in [1.54, 1.807) is 26.2 Å². The molecule has 1 aliphatic rings. The Labute approximate surface area is 220 Å². The Morgan fingerprint density at radius 3 is 2.39 bits per heavy atom. The second kappa shape index (κ2) is 10.7. The molecule has 0 unspecified atom stereocenters. The Bertz CT molecular complexity index is 1300. The molecule has 0 radical (unpaired) electrons. The number of hydrogen-bond donors (Lipinski definition) is 1. The molecule has 3 aromatic rings. The molecule has 2 aromatic carbocycles. The summed E-state index contributed by atoms with van der Waals surface area (Å²) in [6, 6.07) is 8.52. The average Bonchev–Trinajstić information content (AvgIpc) is 2.86. The van der Waals surface area contributed by atoms with Gasteiger partial charge < -0.3 is 14.8 Å². The summed E-state index contributed by atoms with van der Waals surface area (Å²) in [5.41, 5.74) is 0.788. The van der Waals surface area contributed by atoms with Crippen LogP contribution in [0.25, 0.3) is 10.9 Å². The van der Waals surface area contributed by atoms with Gasteiger partial charge in [-0.2, -0.15) is 13.2 Å². The first-order valence-corrected chi connectivity index (χ1v) is 12.7. The highest BCUT2D eigenvalue weighted by Gasteiger charge is 2.32. The van der Waals surface area contributed by atoms with E-state index in [2.05, 4.69) is 20.7 Å². The van der Waals surface area contributed by atoms with E-state index >= 15 is 0 Å². The van der Waals surface area contributed by atoms with E-state index < -0.39 is 23.4 Å². The van der Waals surface area contributed by atoms with Crippen molar-refractivity contribution in [1.29, 1.82) is 0 Å². The summed E-state index contributed by atoms with van der Waals surface area (Å²) in [5.74, 6) is 0.975. The highest BCUT2D eigenvalue weighted by Crippen LogP contribution is 2.42. The largest absolute Gasteiger partial charge is 0.496 e. The lowest BCUT2D eigenvalue weighted by Crippen LogP contribution is -2.30. The van der Waals surface area contributed by atoms with E-state index in [1.807, 2.05) is 26.8 Å². The molecule has 1 heterocycles. The maximum absolute atomic E-state index is 13.2. The minimum atomic E-state index is -4.42. The van der Waals surface area contributed by atoms with Gasteiger partial charge in [0.05, 0.1) is 24.6 Å². The van der Waals surface area contributed by atoms with Crippen LogP contribution in [-0.4, -0.2) is 34.1 Å². The van der Waals surface area contributed by atoms with E-state index in [0.29, 0.717) is 40.9 Å². The van der Waals surface area contributed by atoms with Crippen LogP contribution in [0.5, 0.6) is 5.75 Å². The van der Waals surface area contributed by atoms with Crippen molar-refractivity contribution in [1.82, 2.24) is 15.4 Å². The molecule has 1 aliphatic carbocycles. The van der Waals surface area contributed by atoms with E-state index in [0.717, 1.165) is 30.5 Å². The van der Waals surface area contributed by atoms with Crippen LogP contribution in [-0.2, 0) is 15.7 Å². The Balaban J connectivity index is 1.58. The Kier molecular flexibility index (Phi) is 7.80. The lowest BCUT2D eigenvalue weighted by Gasteiger charge is -2.30. The molecule has 1 N–H and O–H groups in total. The summed E-state index contributed by atoms with van der Waals surface area (Å²) < 4.78 is 50.9. The zero-order valence-corrected chi connectivity index (χ0v) is 22.2. The third kappa shape index (κ3) is 6.34. The molecule has 1 fully saturated rings. The predicted octanol–water partition coefficient (Wildman–Crippen LogP) is 6.84. The molecule has 38 heavy (non-hydrogen) atoms. The molecule has 204 valence electrons. The number of alkyl halides is 3. The van der Waals surface area contributed by atoms with E-state index in [9.17, 15) is 18.0 Å². The second-order valence-corrected chi connectivity index (χ2v) is 10.8. The van der Waals surface area contributed by atoms with E-state index in [1.165, 1.54) is 6.07 Å². The number of carbonyl (C=O) groups is 1. The first-order valence-electron chi connectivity index (χ1n) is 12.7. The molecule has 0 saturated heterocycles. The van der Waals surface area contributed by atoms with Crippen molar-refractivity contribution in [3.8, 4) is 5.75 Å². The number of nitrogens with zero attached hydrogens (tertiary/aromatic N) is 3. The number of esters is 1. The van der Waals surface area contributed by atoms with Crippen LogP contribution in [0.2, 0.25) is 0 Å². The summed E-state index contributed by atoms with van der Waals surface area (Å²) in [6.45, 7) is 7.37. The van der Waals surface area contributed by atoms with Crippen LogP contribution in [0.15, 0.2) is 36.4 Å². The topological polar surface area (TPSA) is 86.2 Å². The van der Waals surface area contributed by atoms with Gasteiger partial charge in [0.1, 0.15) is 16.9 Å². The van der Waals surface area contributed by atoms with E-state index in [4.69, 9.17) is 9.47 Å². The molecule has 0 aliphatic heterocycles. The zero-order chi connectivity index (χ0) is 27.7. The minimum absolute atomic E-state index is 0.130. The average molecular weight is 531 g/mol. The highest BCUT2D eigenvalue weighted by atomic mass is 19.4. The smallest absolute Gasteiger partial charge is 0.416 e. The molecular formula is C28H33F3N4O3. The van der Waals surface area contributed by atoms with Crippen LogP contribution < -0.4 is 10.1 Å². The lowest BCUT2D eigenvalue weighted by molar-refractivity contribution is -0.161. The summed E-state index contributed by atoms with van der Waals surface area (Å²) in [6.07, 6.45) is -1.41. The van der Waals surface area contributed by atoms with Gasteiger partial charge in [-0.1, -0.05) is 12.1 Å². The third-order valence-electron chi connectivity index (χ3n) is 6.87. The fourth-order valence-electron chi connectivity index (χ4n) is 4.93. The number of ether oxygens (including phenoxy) is 2. The van der Waals surface area contributed by atoms with E-state index in [-0.39, 0.29) is 17.8 Å². The number of fused-ring (bicyclic) bond motifs is 1. The number of carbonyl (C=O) groups excluding carboxylic acids is 1. The van der Waals surface area contributed by atoms with Crippen molar-refractivity contribution in [2.45, 2.75) is 77.1 Å². The first kappa shape index (κ1) is 27.6. The Morgan fingerprint density at radius 1 is 1.05 bits per heavy atom. The van der Waals surface area contributed by atoms with Crippen molar-refractivity contribution >= 4 is 22.7 Å². The van der Waals surface area contributed by atoms with Gasteiger partial charge in [0, 0.05) is 11.5 Å². The zero-order valence-electron chi connectivity index (χ0n) is 22.2. The van der Waals surface area contributed by atoms with Gasteiger partial charge in [0.25, 0.3) is 0 Å². The number of anilines is 1. The monoisotopic (exact) mass is 530 g/mol. The summed E-state index contributed by atoms with van der Waals surface area (Å²) in [4.78, 5) is 12.6. The van der Waals surface area contributed by atoms with Gasteiger partial charge >= 0.3 is 12.1 Å². The van der Waals surface area contributed by atoms with Gasteiger partial charge in [-0.25, -0.2) is 0 Å². The number of benzene rings is 2. The van der Waals surface area contributed by atoms with Crippen LogP contribution in [0.4, 0.5) is 19.0 Å². The first-order chi connectivity index (χ1) is 17.9. The molecule has 0 amide bonds. The SMILES string of the molecule is COc1cc2nnnc(N[C@H](C)c3cccc(C(F)(F)F)c3)c2cc1C1CCC(C(=O)OC(C)(C)C)CC1. The van der Waals surface area contributed by atoms with Crippen molar-refractivity contribution in [3.05, 3.63) is 53.1 Å². The molecule has 0 bridgehead atoms. The quantitative estimate of drug-likeness (QED) is 0.349. The third-order valence-corrected chi connectivity index (χ3v) is 6.87. The number of rotatable bonds is 6. The summed E-state index contributed by atoms with van der Waals surface area (Å²) in [5, 5.41) is 16.0. The molecule has 1 atom stereocenters. The van der Waals surface area contributed by atoms with Gasteiger partial charge in [0.2, 0.25) is 0 Å². The maximum atomic E-state index is 13.2. The summed E-state index contributed by atoms with van der Waals surface area (Å²) in [7, 11) is 1.60. The van der Waals surface area contributed by atoms with Gasteiger partial charge in [-0.05, 0) is 93.8 Å². The van der Waals surface area contributed by atoms with Crippen molar-refractivity contribution in [2.75, 3.05) is 12.4 Å². The van der Waals surface area contributed by atoms with Crippen molar-refractivity contribution in [2.24, 2.45) is 5.92 Å². The molecule has 4 rings (SSSR count). The van der Waals surface area contributed by atoms with Crippen LogP contribution in [0.3, 0.4) is 0 Å². The Hall–Kier alpha value is -3.43. The van der Waals surface area contributed by atoms with Crippen LogP contribution >= 0.6 is 0 Å². The molecule has 10 heteroatoms. The van der Waals surface area contributed by atoms with Gasteiger partial charge in [0.15, 0.2) is 5.82 Å². The maximum Gasteiger partial charge on any atom is 0.416 e. The lowest BCUT2D eigenvalue weighted by atomic mass is 9.78. The second-order valence-electron chi connectivity index (χ2n) is 10.8. The number of methoxy groups -OCH3 is 1. The minimum Gasteiger partial charge on any atom is -0.496 e. The fourth-order valence-corrected chi connectivity index (χ4v) is 4.93. The molecule has 7 nitrogen and oxygen atoms in total. The number of nitrogens with one attached hydrogen (secondary N) is 1. The number of halogens is 3. The standard InChI is InChI=1S/C28H33F3N4O3/c1-16(19-7-6-8-20(13-19)28(29,30)31)32-25-22-14-21(24(37-5)15-23(22)33-35-34-25)17-9-11-18(12-10-17)26(36)38-27(2,3)4/h6-8,13-18H,9-12H2,1-5H3,(H,32,33,34)/t16-,17?,18?/m1/s1. The number of hydrogen-bond acceptors (Lipinski definition) is 7. The fraction of sp³-hybridized carbons (Fsp3) is 0.500. The predicted molar refractivity (Wildman–Crippen MR) is 138 cm³/mol. The molecule has 1 aromatic heterocycles. The van der Waals surface area contributed by atoms with Gasteiger partial charge in [-0.3, -0.25) is 4.79 Å². The summed E-state index contributed by atoms with van der Waals surface area (Å²) >= 11 is 0. The molecule has 0 spiro atoms. The van der Waals surface area contributed by atoms with Crippen LogP contribution in [0, 0.1) is 5.92 Å². The Morgan fingerprint density at radius 2 is 1.76 bits per heavy atom. The number of aromatic nitrogens is 3. The normalized spacial score (nSPS) is 19.2. The molecule has 1 saturated carbocycles. The van der Waals surface area contributed by atoms with Gasteiger partial charge in [-0.15, -0.1) is 10.2 Å². The van der Waals surface area contributed by atoms with Crippen molar-refractivity contribution in [3.63, 3.8) is 0 Å². The molecular weight excluding hydrogens is 497 g/mol. The van der Waals surface area contributed by atoms with Crippen molar-refractivity contribution < 1.29 is 27.4 Å². The highest BCUT2D eigenvalue weighted by molar-refractivity contribution is 5.90. The van der Waals surface area contributed by atoms with Crippen LogP contribution in [0.1, 0.15) is 82.0 Å².